The number of rotatable bonds is 3. The Bertz CT molecular complexity index is 413. The molecule has 5 nitrogen and oxygen atoms in total. The fourth-order valence-electron chi connectivity index (χ4n) is 1.72. The highest BCUT2D eigenvalue weighted by Gasteiger charge is 2.20. The van der Waals surface area contributed by atoms with Gasteiger partial charge in [0.1, 0.15) is 11.9 Å². The highest BCUT2D eigenvalue weighted by molar-refractivity contribution is 5.96. The Kier molecular flexibility index (Phi) is 3.49. The van der Waals surface area contributed by atoms with Crippen molar-refractivity contribution in [3.8, 4) is 5.75 Å². The highest BCUT2D eigenvalue weighted by Crippen LogP contribution is 2.27. The molecule has 2 N–H and O–H groups in total. The Labute approximate surface area is 99.5 Å². The first-order chi connectivity index (χ1) is 8.22. The molecule has 0 aromatic heterocycles. The van der Waals surface area contributed by atoms with E-state index in [1.807, 2.05) is 0 Å². The highest BCUT2D eigenvalue weighted by atomic mass is 16.5. The van der Waals surface area contributed by atoms with Crippen molar-refractivity contribution in [3.05, 3.63) is 23.8 Å². The normalized spacial score (nSPS) is 19.0. The number of ether oxygens (including phenoxy) is 3. The van der Waals surface area contributed by atoms with Crippen molar-refractivity contribution in [3.63, 3.8) is 0 Å². The molecule has 92 valence electrons. The minimum Gasteiger partial charge on any atom is -0.486 e. The van der Waals surface area contributed by atoms with Crippen LogP contribution in [0.25, 0.3) is 0 Å². The van der Waals surface area contributed by atoms with Gasteiger partial charge in [0.25, 0.3) is 0 Å². The lowest BCUT2D eigenvalue weighted by atomic mass is 10.1. The zero-order chi connectivity index (χ0) is 12.3. The van der Waals surface area contributed by atoms with Crippen LogP contribution in [0.15, 0.2) is 18.2 Å². The van der Waals surface area contributed by atoms with Crippen LogP contribution in [0.4, 0.5) is 5.69 Å². The van der Waals surface area contributed by atoms with E-state index in [1.54, 1.807) is 18.2 Å². The van der Waals surface area contributed by atoms with Gasteiger partial charge in [-0.15, -0.1) is 0 Å². The topological polar surface area (TPSA) is 70.8 Å². The molecule has 0 bridgehead atoms. The lowest BCUT2D eigenvalue weighted by Gasteiger charge is -2.15. The third-order valence-electron chi connectivity index (χ3n) is 2.65. The molecule has 0 aliphatic carbocycles. The van der Waals surface area contributed by atoms with E-state index in [4.69, 9.17) is 15.2 Å². The molecular weight excluding hydrogens is 222 g/mol. The van der Waals surface area contributed by atoms with Crippen molar-refractivity contribution in [2.45, 2.75) is 12.5 Å². The van der Waals surface area contributed by atoms with Gasteiger partial charge in [-0.1, -0.05) is 6.07 Å². The SMILES string of the molecule is COC(=O)c1cccc(OC2CCOC2)c1N. The number of para-hydroxylation sites is 1. The van der Waals surface area contributed by atoms with Crippen molar-refractivity contribution < 1.29 is 19.0 Å². The number of methoxy groups -OCH3 is 1. The summed E-state index contributed by atoms with van der Waals surface area (Å²) < 4.78 is 15.5. The molecule has 1 heterocycles. The third kappa shape index (κ3) is 2.50. The lowest BCUT2D eigenvalue weighted by Crippen LogP contribution is -2.17. The van der Waals surface area contributed by atoms with Gasteiger partial charge in [0, 0.05) is 6.42 Å². The van der Waals surface area contributed by atoms with Crippen LogP contribution in [-0.4, -0.2) is 32.4 Å². The molecule has 1 unspecified atom stereocenters. The molecule has 0 spiro atoms. The van der Waals surface area contributed by atoms with Crippen LogP contribution < -0.4 is 10.5 Å². The molecular formula is C12H15NO4. The standard InChI is InChI=1S/C12H15NO4/c1-15-12(14)9-3-2-4-10(11(9)13)17-8-5-6-16-7-8/h2-4,8H,5-7,13H2,1H3. The molecule has 1 fully saturated rings. The maximum Gasteiger partial charge on any atom is 0.340 e. The number of carbonyl (C=O) groups is 1. The minimum atomic E-state index is -0.462. The summed E-state index contributed by atoms with van der Waals surface area (Å²) in [6.45, 7) is 1.25. The monoisotopic (exact) mass is 237 g/mol. The molecule has 1 aliphatic rings. The third-order valence-corrected chi connectivity index (χ3v) is 2.65. The average molecular weight is 237 g/mol. The van der Waals surface area contributed by atoms with E-state index >= 15 is 0 Å². The maximum atomic E-state index is 11.4. The Morgan fingerprint density at radius 2 is 2.35 bits per heavy atom. The number of carbonyl (C=O) groups excluding carboxylic acids is 1. The van der Waals surface area contributed by atoms with Gasteiger partial charge in [-0.05, 0) is 12.1 Å². The number of esters is 1. The fraction of sp³-hybridized carbons (Fsp3) is 0.417. The number of anilines is 1. The van der Waals surface area contributed by atoms with Crippen LogP contribution in [0.2, 0.25) is 0 Å². The van der Waals surface area contributed by atoms with E-state index < -0.39 is 5.97 Å². The zero-order valence-electron chi connectivity index (χ0n) is 9.64. The Hall–Kier alpha value is -1.75. The first-order valence-electron chi connectivity index (χ1n) is 5.43. The first-order valence-corrected chi connectivity index (χ1v) is 5.43. The number of benzene rings is 1. The summed E-state index contributed by atoms with van der Waals surface area (Å²) in [5, 5.41) is 0. The van der Waals surface area contributed by atoms with Crippen LogP contribution in [0.5, 0.6) is 5.75 Å². The molecule has 1 aromatic carbocycles. The second-order valence-corrected chi connectivity index (χ2v) is 3.81. The molecule has 2 rings (SSSR count). The van der Waals surface area contributed by atoms with Gasteiger partial charge in [0.15, 0.2) is 0 Å². The summed E-state index contributed by atoms with van der Waals surface area (Å²) in [5.74, 6) is 0.0408. The second-order valence-electron chi connectivity index (χ2n) is 3.81. The van der Waals surface area contributed by atoms with Crippen molar-refractivity contribution in [2.24, 2.45) is 0 Å². The Morgan fingerprint density at radius 3 is 3.00 bits per heavy atom. The fourth-order valence-corrected chi connectivity index (χ4v) is 1.72. The summed E-state index contributed by atoms with van der Waals surface area (Å²) in [7, 11) is 1.32. The number of hydrogen-bond donors (Lipinski definition) is 1. The van der Waals surface area contributed by atoms with Crippen molar-refractivity contribution in [1.29, 1.82) is 0 Å². The molecule has 5 heteroatoms. The first kappa shape index (κ1) is 11.7. The van der Waals surface area contributed by atoms with E-state index in [2.05, 4.69) is 4.74 Å². The summed E-state index contributed by atoms with van der Waals surface area (Å²) in [4.78, 5) is 11.4. The van der Waals surface area contributed by atoms with Crippen LogP contribution in [0.3, 0.4) is 0 Å². The molecule has 1 saturated heterocycles. The van der Waals surface area contributed by atoms with Gasteiger partial charge in [-0.25, -0.2) is 4.79 Å². The van der Waals surface area contributed by atoms with Crippen molar-refractivity contribution in [1.82, 2.24) is 0 Å². The van der Waals surface area contributed by atoms with Gasteiger partial charge in [0.05, 0.1) is 31.6 Å². The van der Waals surface area contributed by atoms with E-state index in [9.17, 15) is 4.79 Å². The van der Waals surface area contributed by atoms with E-state index in [0.717, 1.165) is 6.42 Å². The molecule has 0 radical (unpaired) electrons. The van der Waals surface area contributed by atoms with Crippen molar-refractivity contribution >= 4 is 11.7 Å². The zero-order valence-corrected chi connectivity index (χ0v) is 9.64. The summed E-state index contributed by atoms with van der Waals surface area (Å²) in [6.07, 6.45) is 0.840. The molecule has 1 atom stereocenters. The predicted octanol–water partition coefficient (Wildman–Crippen LogP) is 1.22. The molecule has 0 amide bonds. The predicted molar refractivity (Wildman–Crippen MR) is 62.0 cm³/mol. The number of nitrogen functional groups attached to an aromatic ring is 1. The largest absolute Gasteiger partial charge is 0.486 e. The smallest absolute Gasteiger partial charge is 0.340 e. The Balaban J connectivity index is 2.19. The lowest BCUT2D eigenvalue weighted by molar-refractivity contribution is 0.0601. The van der Waals surface area contributed by atoms with Crippen LogP contribution in [0.1, 0.15) is 16.8 Å². The van der Waals surface area contributed by atoms with Crippen molar-refractivity contribution in [2.75, 3.05) is 26.1 Å². The summed E-state index contributed by atoms with van der Waals surface area (Å²) in [5.41, 5.74) is 6.51. The molecule has 0 saturated carbocycles. The van der Waals surface area contributed by atoms with Crippen LogP contribution >= 0.6 is 0 Å². The van der Waals surface area contributed by atoms with Gasteiger partial charge in [0.2, 0.25) is 0 Å². The van der Waals surface area contributed by atoms with Gasteiger partial charge < -0.3 is 19.9 Å². The summed E-state index contributed by atoms with van der Waals surface area (Å²) >= 11 is 0. The van der Waals surface area contributed by atoms with Crippen LogP contribution in [0, 0.1) is 0 Å². The van der Waals surface area contributed by atoms with E-state index in [1.165, 1.54) is 7.11 Å². The Morgan fingerprint density at radius 1 is 1.53 bits per heavy atom. The quantitative estimate of drug-likeness (QED) is 0.632. The van der Waals surface area contributed by atoms with Gasteiger partial charge >= 0.3 is 5.97 Å². The second kappa shape index (κ2) is 5.05. The van der Waals surface area contributed by atoms with E-state index in [-0.39, 0.29) is 6.10 Å². The number of nitrogens with two attached hydrogens (primary N) is 1. The maximum absolute atomic E-state index is 11.4. The van der Waals surface area contributed by atoms with Gasteiger partial charge in [-0.3, -0.25) is 0 Å². The summed E-state index contributed by atoms with van der Waals surface area (Å²) in [6, 6.07) is 5.06. The molecule has 1 aromatic rings. The molecule has 1 aliphatic heterocycles. The number of hydrogen-bond acceptors (Lipinski definition) is 5. The van der Waals surface area contributed by atoms with Crippen LogP contribution in [-0.2, 0) is 9.47 Å². The minimum absolute atomic E-state index is 0.00481. The van der Waals surface area contributed by atoms with Gasteiger partial charge in [-0.2, -0.15) is 0 Å². The molecule has 17 heavy (non-hydrogen) atoms. The van der Waals surface area contributed by atoms with E-state index in [0.29, 0.717) is 30.2 Å². The average Bonchev–Trinajstić information content (AvgIpc) is 2.84.